The zero-order valence-electron chi connectivity index (χ0n) is 15.4. The van der Waals surface area contributed by atoms with E-state index in [0.717, 1.165) is 10.3 Å². The zero-order valence-corrected chi connectivity index (χ0v) is 16.2. The molecule has 3 aromatic rings. The van der Waals surface area contributed by atoms with E-state index in [1.807, 2.05) is 25.1 Å². The first-order valence-corrected chi connectivity index (χ1v) is 9.65. The quantitative estimate of drug-likeness (QED) is 0.587. The van der Waals surface area contributed by atoms with Gasteiger partial charge in [0.2, 0.25) is 0 Å². The van der Waals surface area contributed by atoms with E-state index in [0.29, 0.717) is 29.2 Å². The molecule has 1 unspecified atom stereocenters. The molecule has 0 spiro atoms. The number of anilines is 1. The Kier molecular flexibility index (Phi) is 5.74. The number of benzene rings is 1. The van der Waals surface area contributed by atoms with E-state index >= 15 is 0 Å². The fraction of sp³-hybridized carbons (Fsp3) is 0.263. The summed E-state index contributed by atoms with van der Waals surface area (Å²) in [4.78, 5) is 39.6. The molecule has 0 aliphatic heterocycles. The number of carboxylic acids is 1. The van der Waals surface area contributed by atoms with Gasteiger partial charge in [-0.1, -0.05) is 24.3 Å². The number of carbonyl (C=O) groups excluding carboxylic acids is 1. The van der Waals surface area contributed by atoms with Crippen molar-refractivity contribution in [2.24, 2.45) is 0 Å². The summed E-state index contributed by atoms with van der Waals surface area (Å²) in [7, 11) is 0. The lowest BCUT2D eigenvalue weighted by Crippen LogP contribution is -2.28. The van der Waals surface area contributed by atoms with Crippen molar-refractivity contribution in [1.82, 2.24) is 14.9 Å². The molecule has 2 heterocycles. The highest BCUT2D eigenvalue weighted by molar-refractivity contribution is 7.22. The fourth-order valence-corrected chi connectivity index (χ4v) is 3.71. The van der Waals surface area contributed by atoms with Crippen LogP contribution in [0.1, 0.15) is 26.3 Å². The minimum atomic E-state index is -1.04. The van der Waals surface area contributed by atoms with Crippen LogP contribution in [0.5, 0.6) is 0 Å². The van der Waals surface area contributed by atoms with Crippen LogP contribution in [0.15, 0.2) is 41.3 Å². The second-order valence-electron chi connectivity index (χ2n) is 6.11. The summed E-state index contributed by atoms with van der Waals surface area (Å²) in [6.45, 7) is 4.07. The average molecular weight is 400 g/mol. The van der Waals surface area contributed by atoms with E-state index in [-0.39, 0.29) is 11.6 Å². The third kappa shape index (κ3) is 4.04. The third-order valence-electron chi connectivity index (χ3n) is 4.22. The molecule has 1 atom stereocenters. The maximum atomic E-state index is 12.1. The van der Waals surface area contributed by atoms with Crippen LogP contribution in [-0.4, -0.2) is 33.2 Å². The molecule has 28 heavy (non-hydrogen) atoms. The number of thiazole rings is 1. The number of fused-ring (bicyclic) bond motifs is 1. The fourth-order valence-electron chi connectivity index (χ4n) is 2.87. The Bertz CT molecular complexity index is 1090. The molecule has 1 aromatic carbocycles. The summed E-state index contributed by atoms with van der Waals surface area (Å²) < 4.78 is 2.14. The monoisotopic (exact) mass is 400 g/mol. The van der Waals surface area contributed by atoms with Crippen LogP contribution in [-0.2, 0) is 4.79 Å². The van der Waals surface area contributed by atoms with Gasteiger partial charge in [-0.2, -0.15) is 0 Å². The number of rotatable bonds is 6. The second kappa shape index (κ2) is 8.22. The summed E-state index contributed by atoms with van der Waals surface area (Å²) >= 11 is 1.36. The molecule has 2 amide bonds. The SMILES string of the molecule is CCNC(=O)Nc1nc2cc(-c3ccc(=O)n(C(CC)C(=O)O)c3)ccc2s1. The van der Waals surface area contributed by atoms with Crippen molar-refractivity contribution < 1.29 is 14.7 Å². The lowest BCUT2D eigenvalue weighted by Gasteiger charge is -2.14. The highest BCUT2D eigenvalue weighted by atomic mass is 32.1. The van der Waals surface area contributed by atoms with Gasteiger partial charge in [0.25, 0.3) is 5.56 Å². The van der Waals surface area contributed by atoms with Gasteiger partial charge in [0, 0.05) is 18.8 Å². The summed E-state index contributed by atoms with van der Waals surface area (Å²) in [6.07, 6.45) is 1.87. The molecule has 0 bridgehead atoms. The largest absolute Gasteiger partial charge is 0.480 e. The van der Waals surface area contributed by atoms with Gasteiger partial charge < -0.3 is 15.0 Å². The molecule has 3 rings (SSSR count). The van der Waals surface area contributed by atoms with Gasteiger partial charge in [0.05, 0.1) is 10.2 Å². The molecule has 0 fully saturated rings. The number of nitrogens with zero attached hydrogens (tertiary/aromatic N) is 2. The van der Waals surface area contributed by atoms with Crippen molar-refractivity contribution in [2.75, 3.05) is 11.9 Å². The van der Waals surface area contributed by atoms with Crippen molar-refractivity contribution in [3.63, 3.8) is 0 Å². The van der Waals surface area contributed by atoms with Gasteiger partial charge in [-0.3, -0.25) is 10.1 Å². The molecule has 3 N–H and O–H groups in total. The number of hydrogen-bond donors (Lipinski definition) is 3. The van der Waals surface area contributed by atoms with E-state index < -0.39 is 12.0 Å². The Hall–Kier alpha value is -3.20. The molecule has 0 saturated carbocycles. The highest BCUT2D eigenvalue weighted by Gasteiger charge is 2.19. The van der Waals surface area contributed by atoms with Crippen molar-refractivity contribution in [3.05, 3.63) is 46.9 Å². The summed E-state index contributed by atoms with van der Waals surface area (Å²) in [5.74, 6) is -1.04. The van der Waals surface area contributed by atoms with Crippen LogP contribution in [0.2, 0.25) is 0 Å². The minimum absolute atomic E-state index is 0.304. The predicted molar refractivity (Wildman–Crippen MR) is 109 cm³/mol. The standard InChI is InChI=1S/C19H20N4O4S/c1-3-14(17(25)26)23-10-12(6-8-16(23)24)11-5-7-15-13(9-11)21-19(28-15)22-18(27)20-4-2/h5-10,14H,3-4H2,1-2H3,(H,25,26)(H2,20,21,22,27). The molecule has 0 radical (unpaired) electrons. The van der Waals surface area contributed by atoms with E-state index in [1.54, 1.807) is 19.2 Å². The van der Waals surface area contributed by atoms with Gasteiger partial charge in [-0.05, 0) is 42.7 Å². The van der Waals surface area contributed by atoms with Crippen molar-refractivity contribution in [2.45, 2.75) is 26.3 Å². The second-order valence-corrected chi connectivity index (χ2v) is 7.14. The number of nitrogens with one attached hydrogen (secondary N) is 2. The van der Waals surface area contributed by atoms with E-state index in [9.17, 15) is 19.5 Å². The normalized spacial score (nSPS) is 11.9. The molecule has 0 aliphatic carbocycles. The van der Waals surface area contributed by atoms with Crippen molar-refractivity contribution in [1.29, 1.82) is 0 Å². The zero-order chi connectivity index (χ0) is 20.3. The molecular formula is C19H20N4O4S. The molecule has 146 valence electrons. The average Bonchev–Trinajstić information content (AvgIpc) is 3.04. The van der Waals surface area contributed by atoms with E-state index in [4.69, 9.17) is 0 Å². The topological polar surface area (TPSA) is 113 Å². The smallest absolute Gasteiger partial charge is 0.326 e. The Morgan fingerprint density at radius 2 is 1.96 bits per heavy atom. The number of aliphatic carboxylic acids is 1. The Labute approximate surface area is 164 Å². The number of amides is 2. The van der Waals surface area contributed by atoms with Crippen molar-refractivity contribution in [3.8, 4) is 11.1 Å². The Morgan fingerprint density at radius 1 is 1.21 bits per heavy atom. The van der Waals surface area contributed by atoms with Crippen LogP contribution in [0.3, 0.4) is 0 Å². The van der Waals surface area contributed by atoms with E-state index in [2.05, 4.69) is 15.6 Å². The summed E-state index contributed by atoms with van der Waals surface area (Å²) in [5.41, 5.74) is 1.86. The molecular weight excluding hydrogens is 380 g/mol. The highest BCUT2D eigenvalue weighted by Crippen LogP contribution is 2.30. The van der Waals surface area contributed by atoms with Crippen LogP contribution in [0.25, 0.3) is 21.3 Å². The first-order valence-electron chi connectivity index (χ1n) is 8.83. The van der Waals surface area contributed by atoms with Gasteiger partial charge in [-0.15, -0.1) is 0 Å². The molecule has 0 saturated heterocycles. The number of aromatic nitrogens is 2. The number of pyridine rings is 1. The maximum absolute atomic E-state index is 12.1. The Balaban J connectivity index is 1.96. The lowest BCUT2D eigenvalue weighted by molar-refractivity contribution is -0.141. The van der Waals surface area contributed by atoms with Crippen LogP contribution < -0.4 is 16.2 Å². The van der Waals surface area contributed by atoms with Crippen LogP contribution >= 0.6 is 11.3 Å². The first kappa shape index (κ1) is 19.6. The minimum Gasteiger partial charge on any atom is -0.480 e. The first-order chi connectivity index (χ1) is 13.4. The van der Waals surface area contributed by atoms with Gasteiger partial charge in [-0.25, -0.2) is 14.6 Å². The summed E-state index contributed by atoms with van der Waals surface area (Å²) in [6, 6.07) is 7.41. The van der Waals surface area contributed by atoms with Gasteiger partial charge >= 0.3 is 12.0 Å². The van der Waals surface area contributed by atoms with Gasteiger partial charge in [0.1, 0.15) is 6.04 Å². The molecule has 9 heteroatoms. The molecule has 8 nitrogen and oxygen atoms in total. The lowest BCUT2D eigenvalue weighted by atomic mass is 10.1. The maximum Gasteiger partial charge on any atom is 0.326 e. The summed E-state index contributed by atoms with van der Waals surface area (Å²) in [5, 5.41) is 15.2. The van der Waals surface area contributed by atoms with Crippen LogP contribution in [0, 0.1) is 0 Å². The van der Waals surface area contributed by atoms with Crippen molar-refractivity contribution >= 4 is 38.7 Å². The number of urea groups is 1. The number of carbonyl (C=O) groups is 2. The molecule has 0 aliphatic rings. The van der Waals surface area contributed by atoms with Gasteiger partial charge in [0.15, 0.2) is 5.13 Å². The Morgan fingerprint density at radius 3 is 2.64 bits per heavy atom. The number of carboxylic acid groups (broad SMARTS) is 1. The molecule has 2 aromatic heterocycles. The third-order valence-corrected chi connectivity index (χ3v) is 5.18. The van der Waals surface area contributed by atoms with Crippen LogP contribution in [0.4, 0.5) is 9.93 Å². The van der Waals surface area contributed by atoms with E-state index in [1.165, 1.54) is 22.0 Å². The number of hydrogen-bond acceptors (Lipinski definition) is 5. The predicted octanol–water partition coefficient (Wildman–Crippen LogP) is 3.30.